The highest BCUT2D eigenvalue weighted by Crippen LogP contribution is 2.53. The fourth-order valence-corrected chi connectivity index (χ4v) is 4.93. The van der Waals surface area contributed by atoms with Crippen molar-refractivity contribution in [3.05, 3.63) is 60.2 Å². The van der Waals surface area contributed by atoms with E-state index >= 15 is 0 Å². The van der Waals surface area contributed by atoms with Crippen LogP contribution in [0.5, 0.6) is 5.75 Å². The van der Waals surface area contributed by atoms with Gasteiger partial charge in [-0.25, -0.2) is 0 Å². The van der Waals surface area contributed by atoms with Gasteiger partial charge in [0.05, 0.1) is 13.0 Å². The molecule has 4 atom stereocenters. The van der Waals surface area contributed by atoms with Gasteiger partial charge in [-0.05, 0) is 43.2 Å². The molecule has 0 aromatic heterocycles. The Labute approximate surface area is 175 Å². The molecule has 2 saturated carbocycles. The van der Waals surface area contributed by atoms with Crippen LogP contribution in [0.3, 0.4) is 0 Å². The van der Waals surface area contributed by atoms with Gasteiger partial charge in [-0.2, -0.15) is 0 Å². The molecule has 30 heavy (non-hydrogen) atoms. The number of fused-ring (bicyclic) bond motifs is 2. The number of rotatable bonds is 7. The van der Waals surface area contributed by atoms with Gasteiger partial charge in [-0.3, -0.25) is 14.4 Å². The number of anilines is 1. The monoisotopic (exact) mass is 407 g/mol. The van der Waals surface area contributed by atoms with E-state index in [2.05, 4.69) is 5.32 Å². The van der Waals surface area contributed by atoms with Crippen molar-refractivity contribution in [1.82, 2.24) is 0 Å². The van der Waals surface area contributed by atoms with Crippen LogP contribution < -0.4 is 10.1 Å². The molecule has 0 unspecified atom stereocenters. The molecule has 2 bridgehead atoms. The lowest BCUT2D eigenvalue weighted by molar-refractivity contribution is -0.154. The molecule has 4 rings (SSSR count). The molecule has 2 fully saturated rings. The minimum absolute atomic E-state index is 0.00517. The number of ether oxygens (including phenoxy) is 2. The number of methoxy groups -OCH3 is 1. The smallest absolute Gasteiger partial charge is 0.310 e. The second-order valence-corrected chi connectivity index (χ2v) is 8.00. The average Bonchev–Trinajstić information content (AvgIpc) is 3.39. The zero-order valence-electron chi connectivity index (χ0n) is 16.9. The first-order valence-electron chi connectivity index (χ1n) is 10.3. The third kappa shape index (κ3) is 4.08. The SMILES string of the molecule is COc1cccc(NC(=O)COC(=O)[C@H]2[C@@H]3CC[C@H](C3)[C@@H]2C(=O)c2ccccc2)c1. The summed E-state index contributed by atoms with van der Waals surface area (Å²) in [4.78, 5) is 38.2. The zero-order chi connectivity index (χ0) is 21.1. The van der Waals surface area contributed by atoms with E-state index in [9.17, 15) is 14.4 Å². The normalized spacial score (nSPS) is 24.3. The first kappa shape index (κ1) is 20.1. The third-order valence-electron chi connectivity index (χ3n) is 6.25. The Balaban J connectivity index is 1.39. The summed E-state index contributed by atoms with van der Waals surface area (Å²) >= 11 is 0. The number of carbonyl (C=O) groups is 3. The van der Waals surface area contributed by atoms with Crippen molar-refractivity contribution in [2.24, 2.45) is 23.7 Å². The number of esters is 1. The van der Waals surface area contributed by atoms with Crippen molar-refractivity contribution < 1.29 is 23.9 Å². The molecule has 1 N–H and O–H groups in total. The standard InChI is InChI=1S/C24H25NO5/c1-29-19-9-5-8-18(13-19)25-20(26)14-30-24(28)22-17-11-10-16(12-17)21(22)23(27)15-6-3-2-4-7-15/h2-9,13,16-17,21-22H,10-12,14H2,1H3,(H,25,26)/t16-,17-,21+,22+/m1/s1. The van der Waals surface area contributed by atoms with Gasteiger partial charge in [0, 0.05) is 23.2 Å². The summed E-state index contributed by atoms with van der Waals surface area (Å²) in [5, 5.41) is 2.69. The van der Waals surface area contributed by atoms with Crippen LogP contribution in [-0.2, 0) is 14.3 Å². The van der Waals surface area contributed by atoms with Gasteiger partial charge < -0.3 is 14.8 Å². The number of nitrogens with one attached hydrogen (secondary N) is 1. The quantitative estimate of drug-likeness (QED) is 0.559. The van der Waals surface area contributed by atoms with E-state index in [1.54, 1.807) is 43.5 Å². The van der Waals surface area contributed by atoms with Crippen LogP contribution in [0.2, 0.25) is 0 Å². The summed E-state index contributed by atoms with van der Waals surface area (Å²) in [5.41, 5.74) is 1.19. The molecule has 2 aromatic rings. The summed E-state index contributed by atoms with van der Waals surface area (Å²) in [6, 6.07) is 16.1. The number of Topliss-reactive ketones (excluding diaryl/α,β-unsaturated/α-hetero) is 1. The van der Waals surface area contributed by atoms with Crippen LogP contribution in [0.1, 0.15) is 29.6 Å². The number of ketones is 1. The van der Waals surface area contributed by atoms with Gasteiger partial charge in [-0.1, -0.05) is 36.4 Å². The van der Waals surface area contributed by atoms with Crippen molar-refractivity contribution in [2.45, 2.75) is 19.3 Å². The van der Waals surface area contributed by atoms with Gasteiger partial charge in [0.2, 0.25) is 0 Å². The second-order valence-electron chi connectivity index (χ2n) is 8.00. The number of hydrogen-bond acceptors (Lipinski definition) is 5. The molecule has 0 saturated heterocycles. The Hall–Kier alpha value is -3.15. The van der Waals surface area contributed by atoms with E-state index in [-0.39, 0.29) is 30.1 Å². The van der Waals surface area contributed by atoms with Crippen LogP contribution in [0, 0.1) is 23.7 Å². The molecule has 1 amide bonds. The van der Waals surface area contributed by atoms with Crippen molar-refractivity contribution in [3.63, 3.8) is 0 Å². The number of hydrogen-bond donors (Lipinski definition) is 1. The van der Waals surface area contributed by atoms with Crippen LogP contribution in [-0.4, -0.2) is 31.4 Å². The Morgan fingerprint density at radius 1 is 0.967 bits per heavy atom. The molecular weight excluding hydrogens is 382 g/mol. The first-order chi connectivity index (χ1) is 14.6. The van der Waals surface area contributed by atoms with Gasteiger partial charge >= 0.3 is 5.97 Å². The first-order valence-corrected chi connectivity index (χ1v) is 10.3. The maximum Gasteiger partial charge on any atom is 0.310 e. The Morgan fingerprint density at radius 3 is 2.43 bits per heavy atom. The van der Waals surface area contributed by atoms with Crippen LogP contribution >= 0.6 is 0 Å². The van der Waals surface area contributed by atoms with Gasteiger partial charge in [0.25, 0.3) is 5.91 Å². The Morgan fingerprint density at radius 2 is 1.70 bits per heavy atom. The summed E-state index contributed by atoms with van der Waals surface area (Å²) in [7, 11) is 1.55. The molecule has 0 heterocycles. The van der Waals surface area contributed by atoms with E-state index < -0.39 is 17.8 Å². The molecule has 0 aliphatic heterocycles. The lowest BCUT2D eigenvalue weighted by Crippen LogP contribution is -2.37. The number of amides is 1. The summed E-state index contributed by atoms with van der Waals surface area (Å²) in [6.45, 7) is -0.379. The zero-order valence-corrected chi connectivity index (χ0v) is 16.9. The van der Waals surface area contributed by atoms with E-state index in [4.69, 9.17) is 9.47 Å². The van der Waals surface area contributed by atoms with Crippen molar-refractivity contribution >= 4 is 23.3 Å². The fourth-order valence-electron chi connectivity index (χ4n) is 4.93. The Kier molecular flexibility index (Phi) is 5.84. The Bertz CT molecular complexity index is 942. The predicted molar refractivity (Wildman–Crippen MR) is 111 cm³/mol. The van der Waals surface area contributed by atoms with Crippen molar-refractivity contribution in [1.29, 1.82) is 0 Å². The minimum atomic E-state index is -0.471. The minimum Gasteiger partial charge on any atom is -0.497 e. The van der Waals surface area contributed by atoms with Crippen LogP contribution in [0.15, 0.2) is 54.6 Å². The highest BCUT2D eigenvalue weighted by Gasteiger charge is 2.54. The highest BCUT2D eigenvalue weighted by atomic mass is 16.5. The number of carbonyl (C=O) groups excluding carboxylic acids is 3. The summed E-state index contributed by atoms with van der Waals surface area (Å²) in [6.07, 6.45) is 2.77. The average molecular weight is 407 g/mol. The van der Waals surface area contributed by atoms with E-state index in [0.29, 0.717) is 17.0 Å². The van der Waals surface area contributed by atoms with E-state index in [1.807, 2.05) is 18.2 Å². The molecule has 0 radical (unpaired) electrons. The highest BCUT2D eigenvalue weighted by molar-refractivity contribution is 6.01. The number of benzene rings is 2. The van der Waals surface area contributed by atoms with Crippen molar-refractivity contribution in [2.75, 3.05) is 19.0 Å². The molecule has 2 aromatic carbocycles. The fraction of sp³-hybridized carbons (Fsp3) is 0.375. The molecule has 6 nitrogen and oxygen atoms in total. The second kappa shape index (κ2) is 8.69. The molecule has 6 heteroatoms. The summed E-state index contributed by atoms with van der Waals surface area (Å²) < 4.78 is 10.5. The topological polar surface area (TPSA) is 81.7 Å². The lowest BCUT2D eigenvalue weighted by atomic mass is 9.75. The molecule has 2 aliphatic carbocycles. The molecule has 0 spiro atoms. The van der Waals surface area contributed by atoms with Crippen LogP contribution in [0.25, 0.3) is 0 Å². The molecular formula is C24H25NO5. The van der Waals surface area contributed by atoms with Crippen molar-refractivity contribution in [3.8, 4) is 5.75 Å². The van der Waals surface area contributed by atoms with E-state index in [1.165, 1.54) is 0 Å². The molecule has 2 aliphatic rings. The maximum atomic E-state index is 13.1. The van der Waals surface area contributed by atoms with E-state index in [0.717, 1.165) is 19.3 Å². The van der Waals surface area contributed by atoms with Crippen LogP contribution in [0.4, 0.5) is 5.69 Å². The predicted octanol–water partition coefficient (Wildman–Crippen LogP) is 3.72. The largest absolute Gasteiger partial charge is 0.497 e. The van der Waals surface area contributed by atoms with Gasteiger partial charge in [-0.15, -0.1) is 0 Å². The lowest BCUT2D eigenvalue weighted by Gasteiger charge is -2.28. The summed E-state index contributed by atoms with van der Waals surface area (Å²) in [5.74, 6) is -0.712. The third-order valence-corrected chi connectivity index (χ3v) is 6.25. The van der Waals surface area contributed by atoms with Gasteiger partial charge in [0.15, 0.2) is 12.4 Å². The van der Waals surface area contributed by atoms with Gasteiger partial charge in [0.1, 0.15) is 5.75 Å². The maximum absolute atomic E-state index is 13.1. The molecule has 156 valence electrons.